The molecule has 38 heavy (non-hydrogen) atoms. The van der Waals surface area contributed by atoms with Crippen LogP contribution in [0.2, 0.25) is 0 Å². The smallest absolute Gasteiger partial charge is 0.457 e. The van der Waals surface area contributed by atoms with Crippen molar-refractivity contribution in [2.24, 2.45) is 0 Å². The molecule has 3 aromatic carbocycles. The van der Waals surface area contributed by atoms with E-state index in [9.17, 15) is 28.8 Å². The number of ketones is 6. The molecular formula is C30H30NdO7+. The maximum atomic E-state index is 11.2. The Hall–Kier alpha value is -3.40. The number of hydrogen-bond donors (Lipinski definition) is 0. The van der Waals surface area contributed by atoms with Gasteiger partial charge in [-0.3, -0.25) is 0 Å². The van der Waals surface area contributed by atoms with E-state index in [0.717, 1.165) is 19.3 Å². The van der Waals surface area contributed by atoms with Crippen LogP contribution >= 0.6 is 0 Å². The first-order valence-electron chi connectivity index (χ1n) is 10.9. The molecule has 0 aliphatic heterocycles. The second-order valence-electron chi connectivity index (χ2n) is 7.46. The fraction of sp³-hybridized carbons (Fsp3) is 0.100. The predicted molar refractivity (Wildman–Crippen MR) is 142 cm³/mol. The van der Waals surface area contributed by atoms with Gasteiger partial charge in [-0.2, -0.15) is 0 Å². The fourth-order valence-electron chi connectivity index (χ4n) is 2.61. The molecule has 0 aliphatic rings. The van der Waals surface area contributed by atoms with Gasteiger partial charge in [0.2, 0.25) is 0 Å². The Morgan fingerprint density at radius 3 is 0.763 bits per heavy atom. The van der Waals surface area contributed by atoms with Gasteiger partial charge in [0, 0.05) is 17.3 Å². The summed E-state index contributed by atoms with van der Waals surface area (Å²) in [6.07, 6.45) is 3.28. The van der Waals surface area contributed by atoms with E-state index in [0.29, 0.717) is 16.7 Å². The maximum absolute atomic E-state index is 11.2. The third-order valence-corrected chi connectivity index (χ3v) is 4.18. The Morgan fingerprint density at radius 2 is 0.605 bits per heavy atom. The molecule has 3 aromatic rings. The molecule has 0 aliphatic carbocycles. The Labute approximate surface area is 255 Å². The SMILES string of the molecule is CC(=O)[CH-]C(=O)c1ccccc1.CC(=O)[CH-]C(=O)c1ccccc1.CC(=O)[CH-]C(=O)c1ccccc1.[Nd+3].[OH3+]. The largest absolute Gasteiger partial charge is 3.00 e. The van der Waals surface area contributed by atoms with Crippen LogP contribution in [0.1, 0.15) is 51.8 Å². The minimum absolute atomic E-state index is 0. The van der Waals surface area contributed by atoms with Gasteiger partial charge in [0.25, 0.3) is 0 Å². The van der Waals surface area contributed by atoms with Gasteiger partial charge in [0.1, 0.15) is 0 Å². The van der Waals surface area contributed by atoms with E-state index in [1.54, 1.807) is 72.8 Å². The summed E-state index contributed by atoms with van der Waals surface area (Å²) in [6, 6.07) is 26.2. The number of hydrogen-bond acceptors (Lipinski definition) is 6. The Morgan fingerprint density at radius 1 is 0.421 bits per heavy atom. The monoisotopic (exact) mass is 644 g/mol. The minimum Gasteiger partial charge on any atom is -0.457 e. The summed E-state index contributed by atoms with van der Waals surface area (Å²) in [6.45, 7) is 4.09. The van der Waals surface area contributed by atoms with Crippen molar-refractivity contribution in [3.63, 3.8) is 0 Å². The van der Waals surface area contributed by atoms with Crippen LogP contribution < -0.4 is 0 Å². The van der Waals surface area contributed by atoms with E-state index >= 15 is 0 Å². The molecule has 0 saturated carbocycles. The van der Waals surface area contributed by atoms with Gasteiger partial charge in [-0.15, -0.1) is 72.4 Å². The average Bonchev–Trinajstić information content (AvgIpc) is 2.85. The van der Waals surface area contributed by atoms with Crippen LogP contribution in [0.5, 0.6) is 0 Å². The van der Waals surface area contributed by atoms with Crippen molar-refractivity contribution in [1.29, 1.82) is 0 Å². The number of Topliss-reactive ketones (excluding diaryl/α,β-unsaturated/α-hetero) is 6. The topological polar surface area (TPSA) is 135 Å². The van der Waals surface area contributed by atoms with Crippen molar-refractivity contribution < 1.29 is 75.1 Å². The van der Waals surface area contributed by atoms with Crippen LogP contribution in [0, 0.1) is 60.1 Å². The summed E-state index contributed by atoms with van der Waals surface area (Å²) >= 11 is 0. The molecule has 8 heteroatoms. The maximum Gasteiger partial charge on any atom is 3.00 e. The van der Waals surface area contributed by atoms with E-state index in [2.05, 4.69) is 0 Å². The summed E-state index contributed by atoms with van der Waals surface area (Å²) in [4.78, 5) is 65.2. The quantitative estimate of drug-likeness (QED) is 0.149. The molecule has 0 heterocycles. The molecule has 7 nitrogen and oxygen atoms in total. The van der Waals surface area contributed by atoms with E-state index < -0.39 is 0 Å². The molecule has 0 atom stereocenters. The molecule has 0 spiro atoms. The van der Waals surface area contributed by atoms with Crippen LogP contribution in [0.4, 0.5) is 0 Å². The van der Waals surface area contributed by atoms with Crippen molar-refractivity contribution in [3.8, 4) is 0 Å². The fourth-order valence-corrected chi connectivity index (χ4v) is 2.61. The van der Waals surface area contributed by atoms with Gasteiger partial charge in [-0.25, -0.2) is 0 Å². The summed E-state index contributed by atoms with van der Waals surface area (Å²) in [7, 11) is 0. The van der Waals surface area contributed by atoms with Gasteiger partial charge in [-0.05, 0) is 20.8 Å². The summed E-state index contributed by atoms with van der Waals surface area (Å²) in [5.41, 5.74) is 1.65. The molecule has 3 rings (SSSR count). The van der Waals surface area contributed by atoms with E-state index in [4.69, 9.17) is 0 Å². The van der Waals surface area contributed by atoms with Crippen molar-refractivity contribution in [1.82, 2.24) is 0 Å². The molecule has 0 amide bonds. The number of benzene rings is 3. The van der Waals surface area contributed by atoms with Crippen LogP contribution in [0.25, 0.3) is 0 Å². The number of carbonyl (C=O) groups excluding carboxylic acids is 6. The van der Waals surface area contributed by atoms with Crippen molar-refractivity contribution in [2.45, 2.75) is 20.8 Å². The van der Waals surface area contributed by atoms with Gasteiger partial charge >= 0.3 is 40.8 Å². The zero-order chi connectivity index (χ0) is 26.9. The third kappa shape index (κ3) is 16.4. The van der Waals surface area contributed by atoms with Crippen molar-refractivity contribution in [3.05, 3.63) is 127 Å². The zero-order valence-electron chi connectivity index (χ0n) is 21.4. The Kier molecular flexibility index (Phi) is 20.0. The summed E-state index contributed by atoms with van der Waals surface area (Å²) in [5, 5.41) is 0. The third-order valence-electron chi connectivity index (χ3n) is 4.18. The molecule has 195 valence electrons. The minimum atomic E-state index is -0.233. The molecule has 0 fully saturated rings. The first-order valence-corrected chi connectivity index (χ1v) is 10.9. The van der Waals surface area contributed by atoms with E-state index in [1.165, 1.54) is 20.8 Å². The van der Waals surface area contributed by atoms with Crippen molar-refractivity contribution >= 4 is 34.7 Å². The average molecular weight is 647 g/mol. The molecule has 3 N–H and O–H groups in total. The zero-order valence-corrected chi connectivity index (χ0v) is 24.6. The first-order chi connectivity index (χ1) is 17.1. The van der Waals surface area contributed by atoms with E-state index in [-0.39, 0.29) is 81.0 Å². The van der Waals surface area contributed by atoms with Crippen LogP contribution in [0.15, 0.2) is 91.0 Å². The van der Waals surface area contributed by atoms with Crippen LogP contribution in [0.3, 0.4) is 0 Å². The van der Waals surface area contributed by atoms with Crippen LogP contribution in [-0.4, -0.2) is 34.7 Å². The van der Waals surface area contributed by atoms with Gasteiger partial charge in [-0.1, -0.05) is 54.6 Å². The summed E-state index contributed by atoms with van der Waals surface area (Å²) < 4.78 is 0. The molecule has 0 bridgehead atoms. The normalized spacial score (nSPS) is 8.61. The van der Waals surface area contributed by atoms with Gasteiger partial charge in [0.05, 0.1) is 17.3 Å². The Bertz CT molecular complexity index is 1020. The molecule has 0 unspecified atom stereocenters. The predicted octanol–water partition coefficient (Wildman–Crippen LogP) is 4.07. The Balaban J connectivity index is 0. The molecule has 1 radical (unpaired) electrons. The molecular weight excluding hydrogens is 617 g/mol. The second-order valence-corrected chi connectivity index (χ2v) is 7.46. The van der Waals surface area contributed by atoms with Crippen LogP contribution in [-0.2, 0) is 19.9 Å². The first kappa shape index (κ1) is 36.8. The van der Waals surface area contributed by atoms with Crippen molar-refractivity contribution in [2.75, 3.05) is 0 Å². The standard InChI is InChI=1S/3C10H9O2.Nd.H2O/c3*1-8(11)7-10(12)9-5-3-2-4-6-9;;/h3*2-7H,1H3;;1H2/q3*-1;+3;/p+1. The number of rotatable bonds is 9. The molecule has 0 saturated heterocycles. The van der Waals surface area contributed by atoms with Gasteiger partial charge in [0.15, 0.2) is 0 Å². The summed E-state index contributed by atoms with van der Waals surface area (Å²) in [5.74, 6) is -1.36. The number of carbonyl (C=O) groups is 6. The van der Waals surface area contributed by atoms with E-state index in [1.807, 2.05) is 18.2 Å². The molecule has 0 aromatic heterocycles. The van der Waals surface area contributed by atoms with Gasteiger partial charge < -0.3 is 34.2 Å². The second kappa shape index (κ2) is 20.6.